The van der Waals surface area contributed by atoms with Gasteiger partial charge in [-0.05, 0) is 30.9 Å². The summed E-state index contributed by atoms with van der Waals surface area (Å²) in [6.07, 6.45) is 8.87. The van der Waals surface area contributed by atoms with E-state index in [1.165, 1.54) is 29.4 Å². The fraction of sp³-hybridized carbons (Fsp3) is 0.304. The van der Waals surface area contributed by atoms with Gasteiger partial charge in [0.25, 0.3) is 0 Å². The van der Waals surface area contributed by atoms with Gasteiger partial charge in [-0.25, -0.2) is 24.3 Å². The lowest BCUT2D eigenvalue weighted by Crippen LogP contribution is -2.39. The van der Waals surface area contributed by atoms with Crippen LogP contribution in [0.1, 0.15) is 18.4 Å². The van der Waals surface area contributed by atoms with Crippen LogP contribution in [0, 0.1) is 12.7 Å². The Bertz CT molecular complexity index is 1240. The molecule has 9 heteroatoms. The number of piperidine rings is 1. The summed E-state index contributed by atoms with van der Waals surface area (Å²) in [6.45, 7) is 3.63. The zero-order valence-corrected chi connectivity index (χ0v) is 19.4. The van der Waals surface area contributed by atoms with Crippen molar-refractivity contribution in [2.45, 2.75) is 30.8 Å². The molecule has 0 unspecified atom stereocenters. The lowest BCUT2D eigenvalue weighted by Gasteiger charge is -2.31. The van der Waals surface area contributed by atoms with E-state index in [9.17, 15) is 4.39 Å². The van der Waals surface area contributed by atoms with Gasteiger partial charge < -0.3 is 9.64 Å². The standard InChI is InChI=1S/C23H22FN5OS2/c1-14-10-25-23(26-11-14)29-7-5-15(6-8-29)30-22-21-20(27-13-28-22)18(12-32-21)17-4-3-16(31-2)9-19(17)24/h3-4,9-13,15H,5-8H2,1-2H3. The van der Waals surface area contributed by atoms with Gasteiger partial charge in [-0.1, -0.05) is 6.07 Å². The first-order valence-electron chi connectivity index (χ1n) is 10.4. The van der Waals surface area contributed by atoms with E-state index in [4.69, 9.17) is 4.74 Å². The molecule has 0 N–H and O–H groups in total. The number of thiophene rings is 1. The molecule has 4 aromatic rings. The van der Waals surface area contributed by atoms with Crippen LogP contribution in [0.15, 0.2) is 47.2 Å². The second-order valence-corrected chi connectivity index (χ2v) is 9.48. The molecule has 1 aromatic carbocycles. The van der Waals surface area contributed by atoms with Crippen molar-refractivity contribution >= 4 is 39.3 Å². The molecule has 3 aromatic heterocycles. The predicted molar refractivity (Wildman–Crippen MR) is 127 cm³/mol. The Kier molecular flexibility index (Phi) is 5.93. The molecule has 32 heavy (non-hydrogen) atoms. The molecule has 164 valence electrons. The average Bonchev–Trinajstić information content (AvgIpc) is 3.25. The van der Waals surface area contributed by atoms with Crippen LogP contribution in [-0.4, -0.2) is 45.4 Å². The zero-order chi connectivity index (χ0) is 22.1. The predicted octanol–water partition coefficient (Wildman–Crippen LogP) is 5.37. The highest BCUT2D eigenvalue weighted by atomic mass is 32.2. The van der Waals surface area contributed by atoms with Crippen LogP contribution in [0.3, 0.4) is 0 Å². The maximum Gasteiger partial charge on any atom is 0.235 e. The van der Waals surface area contributed by atoms with Gasteiger partial charge in [-0.3, -0.25) is 0 Å². The maximum absolute atomic E-state index is 14.7. The van der Waals surface area contributed by atoms with E-state index in [-0.39, 0.29) is 11.9 Å². The minimum absolute atomic E-state index is 0.0537. The maximum atomic E-state index is 14.7. The number of aryl methyl sites for hydroxylation is 1. The number of ether oxygens (including phenoxy) is 1. The van der Waals surface area contributed by atoms with Crippen LogP contribution in [0.25, 0.3) is 21.3 Å². The molecule has 1 aliphatic rings. The molecule has 1 saturated heterocycles. The van der Waals surface area contributed by atoms with Crippen molar-refractivity contribution in [1.29, 1.82) is 0 Å². The number of anilines is 1. The van der Waals surface area contributed by atoms with Crippen molar-refractivity contribution in [1.82, 2.24) is 19.9 Å². The van der Waals surface area contributed by atoms with Crippen LogP contribution < -0.4 is 9.64 Å². The van der Waals surface area contributed by atoms with Crippen molar-refractivity contribution in [3.8, 4) is 17.0 Å². The van der Waals surface area contributed by atoms with Gasteiger partial charge in [-0.2, -0.15) is 0 Å². The largest absolute Gasteiger partial charge is 0.473 e. The van der Waals surface area contributed by atoms with Gasteiger partial charge in [0, 0.05) is 59.7 Å². The number of halogens is 1. The summed E-state index contributed by atoms with van der Waals surface area (Å²) in [5.41, 5.74) is 3.09. The van der Waals surface area contributed by atoms with Gasteiger partial charge in [0.1, 0.15) is 22.9 Å². The molecular formula is C23H22FN5OS2. The number of hydrogen-bond donors (Lipinski definition) is 0. The summed E-state index contributed by atoms with van der Waals surface area (Å²) in [5.74, 6) is 1.08. The normalized spacial score (nSPS) is 14.8. The first-order valence-corrected chi connectivity index (χ1v) is 12.5. The molecule has 4 heterocycles. The monoisotopic (exact) mass is 467 g/mol. The second kappa shape index (κ2) is 8.99. The zero-order valence-electron chi connectivity index (χ0n) is 17.8. The van der Waals surface area contributed by atoms with Crippen molar-refractivity contribution < 1.29 is 9.13 Å². The van der Waals surface area contributed by atoms with E-state index in [2.05, 4.69) is 24.8 Å². The summed E-state index contributed by atoms with van der Waals surface area (Å²) in [6, 6.07) is 5.30. The number of thioether (sulfide) groups is 1. The highest BCUT2D eigenvalue weighted by Gasteiger charge is 2.24. The average molecular weight is 468 g/mol. The molecular weight excluding hydrogens is 445 g/mol. The lowest BCUT2D eigenvalue weighted by atomic mass is 10.1. The van der Waals surface area contributed by atoms with Gasteiger partial charge in [0.15, 0.2) is 0 Å². The highest BCUT2D eigenvalue weighted by Crippen LogP contribution is 2.38. The van der Waals surface area contributed by atoms with Crippen LogP contribution in [0.4, 0.5) is 10.3 Å². The summed E-state index contributed by atoms with van der Waals surface area (Å²) >= 11 is 3.01. The molecule has 0 bridgehead atoms. The molecule has 0 atom stereocenters. The van der Waals surface area contributed by atoms with E-state index in [0.717, 1.165) is 58.1 Å². The van der Waals surface area contributed by atoms with Gasteiger partial charge in [0.05, 0.1) is 5.52 Å². The van der Waals surface area contributed by atoms with Crippen LogP contribution >= 0.6 is 23.1 Å². The number of aromatic nitrogens is 4. The number of benzene rings is 1. The van der Waals surface area contributed by atoms with Crippen molar-refractivity contribution in [3.63, 3.8) is 0 Å². The molecule has 5 rings (SSSR count). The summed E-state index contributed by atoms with van der Waals surface area (Å²) < 4.78 is 21.8. The number of hydrogen-bond acceptors (Lipinski definition) is 8. The number of fused-ring (bicyclic) bond motifs is 1. The van der Waals surface area contributed by atoms with Crippen molar-refractivity contribution in [2.75, 3.05) is 24.2 Å². The van der Waals surface area contributed by atoms with Crippen LogP contribution in [0.5, 0.6) is 5.88 Å². The number of rotatable bonds is 5. The fourth-order valence-electron chi connectivity index (χ4n) is 3.83. The molecule has 0 radical (unpaired) electrons. The Hall–Kier alpha value is -2.78. The van der Waals surface area contributed by atoms with E-state index >= 15 is 0 Å². The Morgan fingerprint density at radius 1 is 1.09 bits per heavy atom. The summed E-state index contributed by atoms with van der Waals surface area (Å²) in [5, 5.41) is 1.93. The first kappa shape index (κ1) is 21.1. The Morgan fingerprint density at radius 2 is 1.88 bits per heavy atom. The van der Waals surface area contributed by atoms with E-state index in [1.54, 1.807) is 6.07 Å². The third-order valence-corrected chi connectivity index (χ3v) is 7.24. The van der Waals surface area contributed by atoms with E-state index in [1.807, 2.05) is 43.1 Å². The Labute approximate surface area is 193 Å². The molecule has 1 fully saturated rings. The van der Waals surface area contributed by atoms with Gasteiger partial charge in [-0.15, -0.1) is 23.1 Å². The second-order valence-electron chi connectivity index (χ2n) is 7.72. The minimum Gasteiger partial charge on any atom is -0.473 e. The quantitative estimate of drug-likeness (QED) is 0.366. The van der Waals surface area contributed by atoms with Crippen LogP contribution in [0.2, 0.25) is 0 Å². The SMILES string of the molecule is CSc1ccc(-c2csc3c(OC4CCN(c5ncc(C)cn5)CC4)ncnc23)c(F)c1. The number of nitrogens with zero attached hydrogens (tertiary/aromatic N) is 5. The minimum atomic E-state index is -0.247. The lowest BCUT2D eigenvalue weighted by molar-refractivity contribution is 0.166. The van der Waals surface area contributed by atoms with Crippen LogP contribution in [-0.2, 0) is 0 Å². The third-order valence-electron chi connectivity index (χ3n) is 5.56. The Balaban J connectivity index is 1.33. The molecule has 0 aliphatic carbocycles. The molecule has 0 saturated carbocycles. The Morgan fingerprint density at radius 3 is 2.59 bits per heavy atom. The van der Waals surface area contributed by atoms with E-state index < -0.39 is 0 Å². The molecule has 0 spiro atoms. The van der Waals surface area contributed by atoms with Gasteiger partial charge in [0.2, 0.25) is 11.8 Å². The molecule has 6 nitrogen and oxygen atoms in total. The smallest absolute Gasteiger partial charge is 0.235 e. The molecule has 1 aliphatic heterocycles. The van der Waals surface area contributed by atoms with Gasteiger partial charge >= 0.3 is 0 Å². The first-order chi connectivity index (χ1) is 15.6. The van der Waals surface area contributed by atoms with Crippen molar-refractivity contribution in [3.05, 3.63) is 53.7 Å². The third kappa shape index (κ3) is 4.14. The summed E-state index contributed by atoms with van der Waals surface area (Å²) in [7, 11) is 0. The highest BCUT2D eigenvalue weighted by molar-refractivity contribution is 7.98. The fourth-order valence-corrected chi connectivity index (χ4v) is 5.20. The van der Waals surface area contributed by atoms with Crippen molar-refractivity contribution in [2.24, 2.45) is 0 Å². The topological polar surface area (TPSA) is 64.0 Å². The molecule has 0 amide bonds. The van der Waals surface area contributed by atoms with E-state index in [0.29, 0.717) is 11.4 Å². The summed E-state index contributed by atoms with van der Waals surface area (Å²) in [4.78, 5) is 20.7.